The maximum absolute atomic E-state index is 5.91. The molecule has 0 fully saturated rings. The Morgan fingerprint density at radius 3 is 2.85 bits per heavy atom. The first-order valence-electron chi connectivity index (χ1n) is 3.91. The van der Waals surface area contributed by atoms with Crippen LogP contribution in [0.5, 0.6) is 0 Å². The molecule has 2 aromatic rings. The molecule has 1 aromatic heterocycles. The molecule has 0 aliphatic carbocycles. The van der Waals surface area contributed by atoms with E-state index in [0.29, 0.717) is 0 Å². The fourth-order valence-corrected chi connectivity index (χ4v) is 2.16. The number of benzene rings is 1. The van der Waals surface area contributed by atoms with Crippen molar-refractivity contribution >= 4 is 39.0 Å². The van der Waals surface area contributed by atoms with Gasteiger partial charge in [-0.05, 0) is 29.7 Å². The maximum atomic E-state index is 5.91. The summed E-state index contributed by atoms with van der Waals surface area (Å²) >= 11 is 7.41. The number of halogens is 1. The van der Waals surface area contributed by atoms with Crippen LogP contribution in [0.25, 0.3) is 10.9 Å². The van der Waals surface area contributed by atoms with Crippen molar-refractivity contribution in [2.24, 2.45) is 0 Å². The lowest BCUT2D eigenvalue weighted by Crippen LogP contribution is -2.06. The molecule has 0 saturated heterocycles. The number of hydrogen-bond donors (Lipinski definition) is 0. The van der Waals surface area contributed by atoms with Crippen molar-refractivity contribution in [3.8, 4) is 0 Å². The predicted octanol–water partition coefficient (Wildman–Crippen LogP) is 3.02. The Kier molecular flexibility index (Phi) is 2.14. The molecule has 0 spiro atoms. The van der Waals surface area contributed by atoms with E-state index >= 15 is 0 Å². The second-order valence-corrected chi connectivity index (χ2v) is 4.23. The van der Waals surface area contributed by atoms with Crippen LogP contribution in [0.15, 0.2) is 18.2 Å². The average Bonchev–Trinajstić information content (AvgIpc) is 2.46. The SMILES string of the molecule is CN(C)c1snc2ccc(Cl)cc12. The minimum Gasteiger partial charge on any atom is -0.368 e. The third-order valence-corrected chi connectivity index (χ3v) is 3.11. The van der Waals surface area contributed by atoms with Crippen molar-refractivity contribution in [3.05, 3.63) is 23.2 Å². The topological polar surface area (TPSA) is 16.1 Å². The zero-order valence-corrected chi connectivity index (χ0v) is 8.99. The van der Waals surface area contributed by atoms with Crippen LogP contribution in [0.3, 0.4) is 0 Å². The van der Waals surface area contributed by atoms with E-state index in [9.17, 15) is 0 Å². The normalized spacial score (nSPS) is 10.7. The van der Waals surface area contributed by atoms with Crippen molar-refractivity contribution < 1.29 is 0 Å². The minimum absolute atomic E-state index is 0.760. The maximum Gasteiger partial charge on any atom is 0.119 e. The minimum atomic E-state index is 0.760. The molecule has 1 heterocycles. The van der Waals surface area contributed by atoms with Gasteiger partial charge in [-0.3, -0.25) is 0 Å². The zero-order valence-electron chi connectivity index (χ0n) is 7.41. The summed E-state index contributed by atoms with van der Waals surface area (Å²) in [7, 11) is 4.02. The van der Waals surface area contributed by atoms with Gasteiger partial charge >= 0.3 is 0 Å². The number of nitrogens with zero attached hydrogens (tertiary/aromatic N) is 2. The van der Waals surface area contributed by atoms with E-state index in [0.717, 1.165) is 20.9 Å². The van der Waals surface area contributed by atoms with Crippen molar-refractivity contribution in [2.45, 2.75) is 0 Å². The number of hydrogen-bond acceptors (Lipinski definition) is 3. The molecule has 4 heteroatoms. The van der Waals surface area contributed by atoms with Gasteiger partial charge < -0.3 is 4.90 Å². The van der Waals surface area contributed by atoms with E-state index < -0.39 is 0 Å². The lowest BCUT2D eigenvalue weighted by molar-refractivity contribution is 1.16. The number of anilines is 1. The van der Waals surface area contributed by atoms with Gasteiger partial charge in [-0.1, -0.05) is 11.6 Å². The van der Waals surface area contributed by atoms with E-state index in [-0.39, 0.29) is 0 Å². The fraction of sp³-hybridized carbons (Fsp3) is 0.222. The average molecular weight is 213 g/mol. The van der Waals surface area contributed by atoms with E-state index in [4.69, 9.17) is 11.6 Å². The molecule has 0 saturated carbocycles. The molecule has 0 radical (unpaired) electrons. The third kappa shape index (κ3) is 1.49. The smallest absolute Gasteiger partial charge is 0.119 e. The van der Waals surface area contributed by atoms with Gasteiger partial charge in [0.15, 0.2) is 0 Å². The highest BCUT2D eigenvalue weighted by Gasteiger charge is 2.07. The summed E-state index contributed by atoms with van der Waals surface area (Å²) in [6.45, 7) is 0. The second kappa shape index (κ2) is 3.16. The number of fused-ring (bicyclic) bond motifs is 1. The van der Waals surface area contributed by atoms with Crippen LogP contribution in [0.2, 0.25) is 5.02 Å². The molecule has 0 amide bonds. The van der Waals surface area contributed by atoms with Crippen LogP contribution in [-0.2, 0) is 0 Å². The second-order valence-electron chi connectivity index (χ2n) is 3.04. The monoisotopic (exact) mass is 212 g/mol. The van der Waals surface area contributed by atoms with Gasteiger partial charge in [-0.25, -0.2) is 0 Å². The molecule has 13 heavy (non-hydrogen) atoms. The highest BCUT2D eigenvalue weighted by molar-refractivity contribution is 7.11. The lowest BCUT2D eigenvalue weighted by Gasteiger charge is -2.08. The van der Waals surface area contributed by atoms with Crippen molar-refractivity contribution in [2.75, 3.05) is 19.0 Å². The van der Waals surface area contributed by atoms with Gasteiger partial charge in [0.1, 0.15) is 5.00 Å². The van der Waals surface area contributed by atoms with E-state index in [1.54, 1.807) is 0 Å². The molecular weight excluding hydrogens is 204 g/mol. The van der Waals surface area contributed by atoms with E-state index in [1.165, 1.54) is 11.5 Å². The van der Waals surface area contributed by atoms with Crippen LogP contribution in [0.1, 0.15) is 0 Å². The Balaban J connectivity index is 2.71. The lowest BCUT2D eigenvalue weighted by atomic mass is 10.2. The van der Waals surface area contributed by atoms with Crippen molar-refractivity contribution in [1.29, 1.82) is 0 Å². The molecule has 0 aliphatic rings. The Hall–Kier alpha value is -0.800. The van der Waals surface area contributed by atoms with Crippen molar-refractivity contribution in [1.82, 2.24) is 4.37 Å². The van der Waals surface area contributed by atoms with Gasteiger partial charge in [-0.2, -0.15) is 4.37 Å². The first-order valence-corrected chi connectivity index (χ1v) is 5.06. The molecule has 68 valence electrons. The Labute approximate surface area is 85.9 Å². The first-order chi connectivity index (χ1) is 6.18. The summed E-state index contributed by atoms with van der Waals surface area (Å²) in [6, 6.07) is 5.76. The molecular formula is C9H9ClN2S. The van der Waals surface area contributed by atoms with Gasteiger partial charge in [0.05, 0.1) is 5.52 Å². The summed E-state index contributed by atoms with van der Waals surface area (Å²) in [6.07, 6.45) is 0. The van der Waals surface area contributed by atoms with E-state index in [1.807, 2.05) is 32.3 Å². The summed E-state index contributed by atoms with van der Waals surface area (Å²) in [5.74, 6) is 0. The molecule has 0 unspecified atom stereocenters. The summed E-state index contributed by atoms with van der Waals surface area (Å²) < 4.78 is 4.32. The Morgan fingerprint density at radius 1 is 1.38 bits per heavy atom. The quantitative estimate of drug-likeness (QED) is 0.723. The molecule has 1 aromatic carbocycles. The Bertz CT molecular complexity index is 436. The summed E-state index contributed by atoms with van der Waals surface area (Å²) in [4.78, 5) is 2.05. The summed E-state index contributed by atoms with van der Waals surface area (Å²) in [5, 5.41) is 3.04. The van der Waals surface area contributed by atoms with Crippen LogP contribution in [0, 0.1) is 0 Å². The molecule has 0 aliphatic heterocycles. The number of rotatable bonds is 1. The van der Waals surface area contributed by atoms with Gasteiger partial charge in [0, 0.05) is 24.5 Å². The number of aromatic nitrogens is 1. The zero-order chi connectivity index (χ0) is 9.42. The third-order valence-electron chi connectivity index (χ3n) is 1.83. The van der Waals surface area contributed by atoms with Crippen LogP contribution < -0.4 is 4.90 Å². The first kappa shape index (κ1) is 8.78. The predicted molar refractivity (Wildman–Crippen MR) is 59.0 cm³/mol. The van der Waals surface area contributed by atoms with Gasteiger partial charge in [-0.15, -0.1) is 0 Å². The molecule has 0 bridgehead atoms. The van der Waals surface area contributed by atoms with Crippen LogP contribution >= 0.6 is 23.1 Å². The van der Waals surface area contributed by atoms with Gasteiger partial charge in [0.2, 0.25) is 0 Å². The molecule has 0 atom stereocenters. The standard InChI is InChI=1S/C9H9ClN2S/c1-12(2)9-7-5-6(10)3-4-8(7)11-13-9/h3-5H,1-2H3. The largest absolute Gasteiger partial charge is 0.368 e. The van der Waals surface area contributed by atoms with Gasteiger partial charge in [0.25, 0.3) is 0 Å². The van der Waals surface area contributed by atoms with Crippen LogP contribution in [-0.4, -0.2) is 18.5 Å². The Morgan fingerprint density at radius 2 is 2.15 bits per heavy atom. The molecule has 2 rings (SSSR count). The van der Waals surface area contributed by atoms with Crippen LogP contribution in [0.4, 0.5) is 5.00 Å². The van der Waals surface area contributed by atoms with E-state index in [2.05, 4.69) is 9.27 Å². The molecule has 2 nitrogen and oxygen atoms in total. The molecule has 0 N–H and O–H groups in total. The highest BCUT2D eigenvalue weighted by atomic mass is 35.5. The summed E-state index contributed by atoms with van der Waals surface area (Å²) in [5.41, 5.74) is 1.01. The highest BCUT2D eigenvalue weighted by Crippen LogP contribution is 2.31. The fourth-order valence-electron chi connectivity index (χ4n) is 1.22. The van der Waals surface area contributed by atoms with Crippen molar-refractivity contribution in [3.63, 3.8) is 0 Å².